The SMILES string of the molecule is CCOC(=O)C1CCC(=C[N+](=O)[O-])CC1. The zero-order valence-electron chi connectivity index (χ0n) is 8.77. The Morgan fingerprint density at radius 3 is 2.67 bits per heavy atom. The van der Waals surface area contributed by atoms with E-state index in [1.165, 1.54) is 0 Å². The maximum absolute atomic E-state index is 11.4. The predicted octanol–water partition coefficient (Wildman–Crippen LogP) is 1.90. The Kier molecular flexibility index (Phi) is 4.27. The van der Waals surface area contributed by atoms with Crippen molar-refractivity contribution in [3.63, 3.8) is 0 Å². The number of carbonyl (C=O) groups is 1. The van der Waals surface area contributed by atoms with Gasteiger partial charge in [0.2, 0.25) is 6.20 Å². The molecule has 15 heavy (non-hydrogen) atoms. The molecule has 1 aliphatic carbocycles. The number of ether oxygens (including phenoxy) is 1. The molecule has 5 heteroatoms. The van der Waals surface area contributed by atoms with Crippen molar-refractivity contribution in [1.82, 2.24) is 0 Å². The minimum absolute atomic E-state index is 0.0751. The summed E-state index contributed by atoms with van der Waals surface area (Å²) in [7, 11) is 0. The molecule has 0 aromatic rings. The molecule has 0 aromatic heterocycles. The van der Waals surface area contributed by atoms with Gasteiger partial charge < -0.3 is 4.74 Å². The van der Waals surface area contributed by atoms with Crippen molar-refractivity contribution in [3.8, 4) is 0 Å². The highest BCUT2D eigenvalue weighted by Crippen LogP contribution is 2.28. The molecule has 0 N–H and O–H groups in total. The van der Waals surface area contributed by atoms with E-state index < -0.39 is 4.92 Å². The minimum Gasteiger partial charge on any atom is -0.466 e. The van der Waals surface area contributed by atoms with Gasteiger partial charge in [0, 0.05) is 0 Å². The quantitative estimate of drug-likeness (QED) is 0.408. The van der Waals surface area contributed by atoms with Crippen molar-refractivity contribution in [1.29, 1.82) is 0 Å². The lowest BCUT2D eigenvalue weighted by atomic mass is 9.86. The van der Waals surface area contributed by atoms with Gasteiger partial charge in [0.1, 0.15) is 0 Å². The molecule has 0 bridgehead atoms. The third-order valence-corrected chi connectivity index (χ3v) is 2.54. The second-order valence-electron chi connectivity index (χ2n) is 3.60. The molecule has 0 unspecified atom stereocenters. The van der Waals surface area contributed by atoms with Crippen molar-refractivity contribution in [2.75, 3.05) is 6.61 Å². The van der Waals surface area contributed by atoms with Crippen LogP contribution in [-0.2, 0) is 9.53 Å². The summed E-state index contributed by atoms with van der Waals surface area (Å²) < 4.78 is 4.91. The number of carbonyl (C=O) groups excluding carboxylic acids is 1. The summed E-state index contributed by atoms with van der Waals surface area (Å²) in [5.41, 5.74) is 0.820. The van der Waals surface area contributed by atoms with Gasteiger partial charge in [-0.05, 0) is 38.2 Å². The molecule has 1 saturated carbocycles. The van der Waals surface area contributed by atoms with Gasteiger partial charge in [-0.2, -0.15) is 0 Å². The molecule has 0 radical (unpaired) electrons. The van der Waals surface area contributed by atoms with Crippen LogP contribution in [0.15, 0.2) is 11.8 Å². The molecule has 0 aromatic carbocycles. The van der Waals surface area contributed by atoms with Gasteiger partial charge in [-0.15, -0.1) is 0 Å². The maximum Gasteiger partial charge on any atom is 0.308 e. The lowest BCUT2D eigenvalue weighted by molar-refractivity contribution is -0.403. The molecule has 0 aliphatic heterocycles. The summed E-state index contributed by atoms with van der Waals surface area (Å²) in [6.07, 6.45) is 3.65. The van der Waals surface area contributed by atoms with Gasteiger partial charge in [0.05, 0.1) is 17.4 Å². The van der Waals surface area contributed by atoms with Crippen molar-refractivity contribution >= 4 is 5.97 Å². The van der Waals surface area contributed by atoms with Gasteiger partial charge in [-0.3, -0.25) is 14.9 Å². The summed E-state index contributed by atoms with van der Waals surface area (Å²) >= 11 is 0. The first kappa shape index (κ1) is 11.7. The third kappa shape index (κ3) is 3.69. The first-order valence-corrected chi connectivity index (χ1v) is 5.13. The molecule has 5 nitrogen and oxygen atoms in total. The fraction of sp³-hybridized carbons (Fsp3) is 0.700. The van der Waals surface area contributed by atoms with Gasteiger partial charge in [-0.1, -0.05) is 0 Å². The van der Waals surface area contributed by atoms with E-state index in [2.05, 4.69) is 0 Å². The van der Waals surface area contributed by atoms with Crippen LogP contribution in [0.4, 0.5) is 0 Å². The van der Waals surface area contributed by atoms with Crippen molar-refractivity contribution in [2.45, 2.75) is 32.6 Å². The fourth-order valence-corrected chi connectivity index (χ4v) is 1.76. The maximum atomic E-state index is 11.4. The molecule has 1 rings (SSSR count). The highest BCUT2D eigenvalue weighted by Gasteiger charge is 2.25. The number of hydrogen-bond donors (Lipinski definition) is 0. The van der Waals surface area contributed by atoms with Crippen LogP contribution in [0.5, 0.6) is 0 Å². The average molecular weight is 213 g/mol. The van der Waals surface area contributed by atoms with E-state index in [0.29, 0.717) is 32.3 Å². The first-order chi connectivity index (χ1) is 7.13. The van der Waals surface area contributed by atoms with Gasteiger partial charge >= 0.3 is 5.97 Å². The highest BCUT2D eigenvalue weighted by molar-refractivity contribution is 5.72. The number of nitrogens with zero attached hydrogens (tertiary/aromatic N) is 1. The molecular formula is C10H15NO4. The summed E-state index contributed by atoms with van der Waals surface area (Å²) in [5, 5.41) is 10.2. The van der Waals surface area contributed by atoms with Crippen LogP contribution in [0.25, 0.3) is 0 Å². The zero-order chi connectivity index (χ0) is 11.3. The van der Waals surface area contributed by atoms with Crippen LogP contribution in [0.3, 0.4) is 0 Å². The zero-order valence-corrected chi connectivity index (χ0v) is 8.77. The third-order valence-electron chi connectivity index (χ3n) is 2.54. The largest absolute Gasteiger partial charge is 0.466 e. The molecule has 1 aliphatic rings. The highest BCUT2D eigenvalue weighted by atomic mass is 16.6. The second kappa shape index (κ2) is 5.48. The van der Waals surface area contributed by atoms with Crippen molar-refractivity contribution in [2.24, 2.45) is 5.92 Å². The number of allylic oxidation sites excluding steroid dienone is 1. The lowest BCUT2D eigenvalue weighted by Crippen LogP contribution is -2.21. The van der Waals surface area contributed by atoms with Crippen LogP contribution in [-0.4, -0.2) is 17.5 Å². The van der Waals surface area contributed by atoms with Crippen LogP contribution < -0.4 is 0 Å². The predicted molar refractivity (Wildman–Crippen MR) is 53.7 cm³/mol. The molecule has 0 saturated heterocycles. The summed E-state index contributed by atoms with van der Waals surface area (Å²) in [6, 6.07) is 0. The van der Waals surface area contributed by atoms with Gasteiger partial charge in [-0.25, -0.2) is 0 Å². The molecule has 84 valence electrons. The smallest absolute Gasteiger partial charge is 0.308 e. The van der Waals surface area contributed by atoms with Crippen LogP contribution in [0.2, 0.25) is 0 Å². The molecule has 0 spiro atoms. The van der Waals surface area contributed by atoms with Crippen LogP contribution >= 0.6 is 0 Å². The molecular weight excluding hydrogens is 198 g/mol. The summed E-state index contributed by atoms with van der Waals surface area (Å²) in [5.74, 6) is -0.244. The topological polar surface area (TPSA) is 69.4 Å². The van der Waals surface area contributed by atoms with Crippen molar-refractivity contribution in [3.05, 3.63) is 21.9 Å². The summed E-state index contributed by atoms with van der Waals surface area (Å²) in [4.78, 5) is 21.1. The Labute approximate surface area is 88.3 Å². The Bertz CT molecular complexity index is 275. The van der Waals surface area contributed by atoms with Gasteiger partial charge in [0.15, 0.2) is 0 Å². The van der Waals surface area contributed by atoms with E-state index in [1.807, 2.05) is 0 Å². The van der Waals surface area contributed by atoms with E-state index >= 15 is 0 Å². The monoisotopic (exact) mass is 213 g/mol. The Balaban J connectivity index is 2.42. The van der Waals surface area contributed by atoms with E-state index in [-0.39, 0.29) is 11.9 Å². The van der Waals surface area contributed by atoms with E-state index in [4.69, 9.17) is 4.74 Å². The Hall–Kier alpha value is -1.39. The van der Waals surface area contributed by atoms with Crippen LogP contribution in [0, 0.1) is 16.0 Å². The standard InChI is InChI=1S/C10H15NO4/c1-2-15-10(12)9-5-3-8(4-6-9)7-11(13)14/h7,9H,2-6H2,1H3. The number of rotatable bonds is 3. The number of nitro groups is 1. The van der Waals surface area contributed by atoms with Gasteiger partial charge in [0.25, 0.3) is 0 Å². The van der Waals surface area contributed by atoms with Crippen molar-refractivity contribution < 1.29 is 14.5 Å². The first-order valence-electron chi connectivity index (χ1n) is 5.13. The normalized spacial score (nSPS) is 20.9. The molecule has 0 heterocycles. The Morgan fingerprint density at radius 1 is 1.60 bits per heavy atom. The van der Waals surface area contributed by atoms with E-state index in [0.717, 1.165) is 11.8 Å². The average Bonchev–Trinajstić information content (AvgIpc) is 2.18. The van der Waals surface area contributed by atoms with Crippen LogP contribution in [0.1, 0.15) is 32.6 Å². The molecule has 0 atom stereocenters. The van der Waals surface area contributed by atoms with E-state index in [1.54, 1.807) is 6.92 Å². The fourth-order valence-electron chi connectivity index (χ4n) is 1.76. The molecule has 1 fully saturated rings. The number of esters is 1. The van der Waals surface area contributed by atoms with E-state index in [9.17, 15) is 14.9 Å². The molecule has 0 amide bonds. The lowest BCUT2D eigenvalue weighted by Gasteiger charge is -2.20. The Morgan fingerprint density at radius 2 is 2.20 bits per heavy atom. The summed E-state index contributed by atoms with van der Waals surface area (Å²) in [6.45, 7) is 2.17. The number of hydrogen-bond acceptors (Lipinski definition) is 4. The second-order valence-corrected chi connectivity index (χ2v) is 3.60. The minimum atomic E-state index is -0.431.